The van der Waals surface area contributed by atoms with Crippen LogP contribution in [0.1, 0.15) is 88.0 Å². The number of hydrogen-bond acceptors (Lipinski definition) is 1. The molecule has 0 radical (unpaired) electrons. The number of pyridine rings is 2. The van der Waals surface area contributed by atoms with Gasteiger partial charge in [-0.3, -0.25) is 0 Å². The molecule has 2 aliphatic rings. The average molecular weight is 580 g/mol. The molecule has 0 amide bonds. The normalized spacial score (nSPS) is 15.8. The molecule has 2 aromatic heterocycles. The van der Waals surface area contributed by atoms with E-state index in [2.05, 4.69) is 177 Å². The predicted octanol–water partition coefficient (Wildman–Crippen LogP) is 9.46. The molecule has 0 atom stereocenters. The summed E-state index contributed by atoms with van der Waals surface area (Å²) in [6, 6.07) is 23.3. The monoisotopic (exact) mass is 579 g/mol. The maximum Gasteiger partial charge on any atom is 0.213 e. The topological polar surface area (TPSA) is 11.0 Å². The van der Waals surface area contributed by atoms with Gasteiger partial charge in [0.2, 0.25) is 11.2 Å². The fraction of sp³-hybridized carbons (Fsp3) is 0.268. The molecule has 3 heterocycles. The van der Waals surface area contributed by atoms with Crippen molar-refractivity contribution in [2.45, 2.75) is 72.5 Å². The van der Waals surface area contributed by atoms with Gasteiger partial charge in [0, 0.05) is 58.9 Å². The average Bonchev–Trinajstić information content (AvgIpc) is 3.03. The van der Waals surface area contributed by atoms with Gasteiger partial charge in [-0.25, -0.2) is 0 Å². The molecule has 6 rings (SSSR count). The van der Waals surface area contributed by atoms with Crippen LogP contribution in [-0.2, 0) is 6.42 Å². The Morgan fingerprint density at radius 3 is 2.36 bits per heavy atom. The van der Waals surface area contributed by atoms with Crippen LogP contribution in [0.15, 0.2) is 110 Å². The molecule has 0 saturated heterocycles. The van der Waals surface area contributed by atoms with Crippen molar-refractivity contribution in [2.75, 3.05) is 4.90 Å². The van der Waals surface area contributed by atoms with Gasteiger partial charge >= 0.3 is 0 Å². The van der Waals surface area contributed by atoms with Crippen LogP contribution in [0.3, 0.4) is 0 Å². The number of anilines is 1. The summed E-state index contributed by atoms with van der Waals surface area (Å²) >= 11 is 0. The zero-order valence-corrected chi connectivity index (χ0v) is 27.0. The summed E-state index contributed by atoms with van der Waals surface area (Å²) in [7, 11) is 0. The molecular formula is C41H45N3+2. The molecule has 1 aliphatic carbocycles. The van der Waals surface area contributed by atoms with E-state index in [0.717, 1.165) is 12.8 Å². The van der Waals surface area contributed by atoms with Crippen molar-refractivity contribution >= 4 is 39.9 Å². The second kappa shape index (κ2) is 12.6. The minimum Gasteiger partial charge on any atom is -0.345 e. The Hall–Kier alpha value is -4.50. The number of nitrogens with zero attached hydrogens (tertiary/aromatic N) is 3. The first-order valence-corrected chi connectivity index (χ1v) is 16.2. The molecule has 3 nitrogen and oxygen atoms in total. The fourth-order valence-electron chi connectivity index (χ4n) is 6.55. The lowest BCUT2D eigenvalue weighted by atomic mass is 9.93. The lowest BCUT2D eigenvalue weighted by Gasteiger charge is -2.31. The first-order valence-electron chi connectivity index (χ1n) is 16.2. The lowest BCUT2D eigenvalue weighted by Crippen LogP contribution is -2.40. The first kappa shape index (κ1) is 29.6. The summed E-state index contributed by atoms with van der Waals surface area (Å²) in [5.41, 5.74) is 11.5. The smallest absolute Gasteiger partial charge is 0.213 e. The van der Waals surface area contributed by atoms with E-state index in [9.17, 15) is 0 Å². The van der Waals surface area contributed by atoms with Crippen LogP contribution in [0.25, 0.3) is 34.2 Å². The molecule has 0 bridgehead atoms. The third-order valence-corrected chi connectivity index (χ3v) is 8.83. The summed E-state index contributed by atoms with van der Waals surface area (Å²) < 4.78 is 4.76. The summed E-state index contributed by atoms with van der Waals surface area (Å²) in [4.78, 5) is 2.35. The van der Waals surface area contributed by atoms with Gasteiger partial charge in [-0.2, -0.15) is 9.13 Å². The molecule has 3 heteroatoms. The Labute approximate surface area is 263 Å². The quantitative estimate of drug-likeness (QED) is 0.157. The summed E-state index contributed by atoms with van der Waals surface area (Å²) in [6.07, 6.45) is 25.0. The van der Waals surface area contributed by atoms with Crippen LogP contribution in [0.2, 0.25) is 0 Å². The van der Waals surface area contributed by atoms with Gasteiger partial charge in [-0.1, -0.05) is 60.7 Å². The molecular weight excluding hydrogens is 534 g/mol. The van der Waals surface area contributed by atoms with Crippen LogP contribution in [0.4, 0.5) is 5.69 Å². The summed E-state index contributed by atoms with van der Waals surface area (Å²) in [5, 5.41) is 1.26. The van der Waals surface area contributed by atoms with E-state index >= 15 is 0 Å². The highest BCUT2D eigenvalue weighted by atomic mass is 15.1. The lowest BCUT2D eigenvalue weighted by molar-refractivity contribution is -0.718. The van der Waals surface area contributed by atoms with Crippen molar-refractivity contribution in [3.8, 4) is 0 Å². The molecule has 0 saturated carbocycles. The fourth-order valence-corrected chi connectivity index (χ4v) is 6.55. The van der Waals surface area contributed by atoms with Crippen molar-refractivity contribution < 1.29 is 9.13 Å². The van der Waals surface area contributed by atoms with Crippen LogP contribution in [-0.4, -0.2) is 6.04 Å². The summed E-state index contributed by atoms with van der Waals surface area (Å²) in [6.45, 7) is 13.5. The standard InChI is InChI=1S/C41H45N3/c1-29(2)42-26-23-33(36-13-7-10-16-39(36)42)21-19-32(35-25-28-44(31(5)6)41-18-12-9-15-38(35)41)20-22-34-24-27-43(30(3)4)40-17-11-8-14-37(34)40/h7,9-13,15-31H,8,14H2,1-6H3/q+2. The van der Waals surface area contributed by atoms with Crippen LogP contribution in [0.5, 0.6) is 0 Å². The predicted molar refractivity (Wildman–Crippen MR) is 187 cm³/mol. The molecule has 222 valence electrons. The molecule has 0 spiro atoms. The van der Waals surface area contributed by atoms with E-state index < -0.39 is 0 Å². The van der Waals surface area contributed by atoms with E-state index in [1.54, 1.807) is 0 Å². The van der Waals surface area contributed by atoms with Crippen molar-refractivity contribution in [1.82, 2.24) is 0 Å². The van der Waals surface area contributed by atoms with Crippen LogP contribution < -0.4 is 14.0 Å². The van der Waals surface area contributed by atoms with Gasteiger partial charge in [0.1, 0.15) is 0 Å². The van der Waals surface area contributed by atoms with E-state index in [0.29, 0.717) is 18.1 Å². The zero-order valence-electron chi connectivity index (χ0n) is 27.0. The minimum absolute atomic E-state index is 0.378. The van der Waals surface area contributed by atoms with E-state index in [4.69, 9.17) is 0 Å². The largest absolute Gasteiger partial charge is 0.345 e. The van der Waals surface area contributed by atoms with Crippen molar-refractivity contribution in [1.29, 1.82) is 0 Å². The minimum atomic E-state index is 0.378. The van der Waals surface area contributed by atoms with Crippen LogP contribution in [0, 0.1) is 0 Å². The van der Waals surface area contributed by atoms with Gasteiger partial charge < -0.3 is 4.90 Å². The SMILES string of the molecule is CC(C)N1C=C/C(=C/C=C(/C=C/c2cc[n+](C(C)C)c3c2CCC=C3)c2cc[n+](C(C)C)c3ccccc23)c2ccccc21. The molecule has 0 N–H and O–H groups in total. The van der Waals surface area contributed by atoms with Gasteiger partial charge in [0.25, 0.3) is 0 Å². The van der Waals surface area contributed by atoms with Gasteiger partial charge in [-0.15, -0.1) is 0 Å². The van der Waals surface area contributed by atoms with Crippen LogP contribution >= 0.6 is 0 Å². The summed E-state index contributed by atoms with van der Waals surface area (Å²) in [5.74, 6) is 0. The number of rotatable bonds is 7. The van der Waals surface area contributed by atoms with Crippen molar-refractivity contribution in [2.24, 2.45) is 0 Å². The van der Waals surface area contributed by atoms with E-state index in [1.807, 2.05) is 0 Å². The Kier molecular flexibility index (Phi) is 8.48. The number of para-hydroxylation sites is 2. The Morgan fingerprint density at radius 2 is 1.57 bits per heavy atom. The molecule has 44 heavy (non-hydrogen) atoms. The van der Waals surface area contributed by atoms with Gasteiger partial charge in [-0.05, 0) is 89.3 Å². The highest BCUT2D eigenvalue weighted by Crippen LogP contribution is 2.35. The number of aromatic nitrogens is 2. The van der Waals surface area contributed by atoms with E-state index in [-0.39, 0.29) is 0 Å². The molecule has 1 aliphatic heterocycles. The molecule has 0 unspecified atom stereocenters. The van der Waals surface area contributed by atoms with Crippen molar-refractivity contribution in [3.05, 3.63) is 138 Å². The number of hydrogen-bond donors (Lipinski definition) is 0. The number of allylic oxidation sites excluding steroid dienone is 7. The Bertz CT molecular complexity index is 1850. The van der Waals surface area contributed by atoms with Gasteiger partial charge in [0.15, 0.2) is 24.5 Å². The third kappa shape index (κ3) is 5.71. The van der Waals surface area contributed by atoms with Crippen molar-refractivity contribution in [3.63, 3.8) is 0 Å². The third-order valence-electron chi connectivity index (χ3n) is 8.83. The Morgan fingerprint density at radius 1 is 0.818 bits per heavy atom. The molecule has 4 aromatic rings. The Balaban J connectivity index is 1.51. The van der Waals surface area contributed by atoms with Gasteiger partial charge in [0.05, 0.1) is 5.39 Å². The second-order valence-electron chi connectivity index (χ2n) is 12.7. The maximum absolute atomic E-state index is 2.40. The van der Waals surface area contributed by atoms with E-state index in [1.165, 1.54) is 55.7 Å². The highest BCUT2D eigenvalue weighted by Gasteiger charge is 2.22. The maximum atomic E-state index is 2.40. The molecule has 0 fully saturated rings. The zero-order chi connectivity index (χ0) is 30.8. The number of fused-ring (bicyclic) bond motifs is 3. The molecule has 2 aromatic carbocycles. The highest BCUT2D eigenvalue weighted by molar-refractivity contribution is 5.96. The first-order chi connectivity index (χ1) is 21.3. The second-order valence-corrected chi connectivity index (χ2v) is 12.7. The number of benzene rings is 2.